The van der Waals surface area contributed by atoms with Crippen molar-refractivity contribution >= 4 is 40.7 Å². The van der Waals surface area contributed by atoms with Crippen molar-refractivity contribution in [3.05, 3.63) is 52.3 Å². The summed E-state index contributed by atoms with van der Waals surface area (Å²) >= 11 is 1.32. The number of thiazole rings is 1. The number of allylic oxidation sites excluding steroid dienone is 1. The Hall–Kier alpha value is -3.94. The molecule has 152 valence electrons. The van der Waals surface area contributed by atoms with Gasteiger partial charge in [0.15, 0.2) is 11.5 Å². The lowest BCUT2D eigenvalue weighted by Crippen LogP contribution is -1.96. The monoisotopic (exact) mass is 423 g/mol. The number of carboxylic acid groups (broad SMARTS) is 1. The minimum atomic E-state index is -1.26. The standard InChI is InChI=1S/C21H17N3O5S/c1-28-18-6-3-12(7-19(18)29-2)16-11-30-20(24-16)13(9-22)10-23-14-4-5-17(25)15(8-14)21(26)27/h3-8,10-11,22,25H,1-2H3,(H,26,27). The molecule has 1 aromatic heterocycles. The number of aromatic nitrogens is 1. The molecule has 3 aromatic rings. The number of hydrogen-bond acceptors (Lipinski definition) is 8. The number of carbonyl (C=O) groups is 1. The van der Waals surface area contributed by atoms with E-state index < -0.39 is 5.97 Å². The first-order valence-corrected chi connectivity index (χ1v) is 9.43. The van der Waals surface area contributed by atoms with Gasteiger partial charge in [0.2, 0.25) is 0 Å². The topological polar surface area (TPSA) is 125 Å². The van der Waals surface area contributed by atoms with E-state index in [4.69, 9.17) is 20.0 Å². The van der Waals surface area contributed by atoms with Crippen molar-refractivity contribution in [3.8, 4) is 28.5 Å². The number of ether oxygens (including phenoxy) is 2. The van der Waals surface area contributed by atoms with Crippen LogP contribution in [0.5, 0.6) is 17.2 Å². The first kappa shape index (κ1) is 20.8. The summed E-state index contributed by atoms with van der Waals surface area (Å²) in [6.45, 7) is 0. The molecule has 0 fully saturated rings. The lowest BCUT2D eigenvalue weighted by molar-refractivity contribution is 0.0693. The SMILES string of the molecule is COc1ccc(-c2csc(C(=C=N)C=Nc3ccc(O)c(C(=O)O)c3)n2)cc1OC. The highest BCUT2D eigenvalue weighted by molar-refractivity contribution is 7.11. The number of rotatable bonds is 7. The van der Waals surface area contributed by atoms with E-state index in [1.807, 2.05) is 17.5 Å². The summed E-state index contributed by atoms with van der Waals surface area (Å²) in [7, 11) is 3.12. The molecule has 0 spiro atoms. The Labute approximate surface area is 175 Å². The fourth-order valence-electron chi connectivity index (χ4n) is 2.58. The minimum Gasteiger partial charge on any atom is -0.507 e. The molecule has 0 radical (unpaired) electrons. The number of carboxylic acids is 1. The molecule has 30 heavy (non-hydrogen) atoms. The number of aliphatic imine (C=N–C) groups is 1. The normalized spacial score (nSPS) is 10.6. The highest BCUT2D eigenvalue weighted by Gasteiger charge is 2.12. The van der Waals surface area contributed by atoms with Crippen molar-refractivity contribution < 1.29 is 24.5 Å². The van der Waals surface area contributed by atoms with Crippen molar-refractivity contribution in [1.29, 1.82) is 5.41 Å². The third-order valence-corrected chi connectivity index (χ3v) is 4.98. The van der Waals surface area contributed by atoms with Gasteiger partial charge in [-0.15, -0.1) is 11.3 Å². The van der Waals surface area contributed by atoms with Gasteiger partial charge in [-0.3, -0.25) is 10.4 Å². The molecule has 0 atom stereocenters. The Morgan fingerprint density at radius 2 is 1.97 bits per heavy atom. The van der Waals surface area contributed by atoms with E-state index in [9.17, 15) is 9.90 Å². The molecule has 0 amide bonds. The zero-order valence-electron chi connectivity index (χ0n) is 16.0. The molecule has 0 aliphatic rings. The summed E-state index contributed by atoms with van der Waals surface area (Å²) in [4.78, 5) is 19.8. The lowest BCUT2D eigenvalue weighted by atomic mass is 10.1. The number of phenols is 1. The third-order valence-electron chi connectivity index (χ3n) is 4.10. The molecule has 0 bridgehead atoms. The van der Waals surface area contributed by atoms with Crippen LogP contribution in [0.2, 0.25) is 0 Å². The summed E-state index contributed by atoms with van der Waals surface area (Å²) in [6, 6.07) is 9.41. The van der Waals surface area contributed by atoms with Gasteiger partial charge in [0.05, 0.1) is 31.2 Å². The Bertz CT molecular complexity index is 1180. The highest BCUT2D eigenvalue weighted by atomic mass is 32.1. The van der Waals surface area contributed by atoms with Gasteiger partial charge in [-0.05, 0) is 42.3 Å². The Morgan fingerprint density at radius 3 is 2.63 bits per heavy atom. The first-order chi connectivity index (χ1) is 14.5. The fraction of sp³-hybridized carbons (Fsp3) is 0.0952. The Morgan fingerprint density at radius 1 is 1.20 bits per heavy atom. The van der Waals surface area contributed by atoms with E-state index in [-0.39, 0.29) is 11.3 Å². The second-order valence-electron chi connectivity index (χ2n) is 5.91. The van der Waals surface area contributed by atoms with Gasteiger partial charge in [0.1, 0.15) is 16.3 Å². The molecule has 0 aliphatic carbocycles. The van der Waals surface area contributed by atoms with Crippen LogP contribution < -0.4 is 9.47 Å². The molecule has 8 nitrogen and oxygen atoms in total. The maximum Gasteiger partial charge on any atom is 0.339 e. The summed E-state index contributed by atoms with van der Waals surface area (Å²) in [5.41, 5.74) is 1.90. The number of aromatic carboxylic acids is 1. The van der Waals surface area contributed by atoms with Crippen molar-refractivity contribution in [2.24, 2.45) is 4.99 Å². The Kier molecular flexibility index (Phi) is 6.26. The summed E-state index contributed by atoms with van der Waals surface area (Å²) in [6.07, 6.45) is 1.38. The second-order valence-corrected chi connectivity index (χ2v) is 6.77. The van der Waals surface area contributed by atoms with Crippen LogP contribution >= 0.6 is 11.3 Å². The predicted molar refractivity (Wildman–Crippen MR) is 115 cm³/mol. The number of benzene rings is 2. The quantitative estimate of drug-likeness (QED) is 0.488. The summed E-state index contributed by atoms with van der Waals surface area (Å²) in [5, 5.41) is 28.6. The average Bonchev–Trinajstić information content (AvgIpc) is 3.24. The zero-order valence-corrected chi connectivity index (χ0v) is 16.9. The van der Waals surface area contributed by atoms with Gasteiger partial charge in [0.25, 0.3) is 0 Å². The van der Waals surface area contributed by atoms with Crippen molar-refractivity contribution in [1.82, 2.24) is 4.98 Å². The van der Waals surface area contributed by atoms with Crippen molar-refractivity contribution in [2.75, 3.05) is 14.2 Å². The summed E-state index contributed by atoms with van der Waals surface area (Å²) < 4.78 is 10.6. The second kappa shape index (κ2) is 9.04. The molecule has 0 saturated heterocycles. The number of nitrogens with zero attached hydrogens (tertiary/aromatic N) is 2. The van der Waals surface area contributed by atoms with E-state index in [2.05, 4.69) is 15.8 Å². The minimum absolute atomic E-state index is 0.255. The largest absolute Gasteiger partial charge is 0.507 e. The molecular formula is C21H17N3O5S. The predicted octanol–water partition coefficient (Wildman–Crippen LogP) is 4.27. The zero-order chi connectivity index (χ0) is 21.7. The van der Waals surface area contributed by atoms with Gasteiger partial charge in [-0.25, -0.2) is 9.78 Å². The first-order valence-electron chi connectivity index (χ1n) is 8.55. The van der Waals surface area contributed by atoms with Gasteiger partial charge < -0.3 is 19.7 Å². The molecule has 2 aromatic carbocycles. The fourth-order valence-corrected chi connectivity index (χ4v) is 3.38. The van der Waals surface area contributed by atoms with Crippen LogP contribution in [0.15, 0.2) is 46.8 Å². The van der Waals surface area contributed by atoms with Crippen LogP contribution in [-0.4, -0.2) is 47.5 Å². The van der Waals surface area contributed by atoms with E-state index in [1.165, 1.54) is 35.8 Å². The molecule has 0 unspecified atom stereocenters. The van der Waals surface area contributed by atoms with Crippen LogP contribution in [-0.2, 0) is 0 Å². The van der Waals surface area contributed by atoms with Crippen LogP contribution in [0.1, 0.15) is 15.4 Å². The van der Waals surface area contributed by atoms with Crippen LogP contribution in [0, 0.1) is 5.41 Å². The van der Waals surface area contributed by atoms with E-state index >= 15 is 0 Å². The third kappa shape index (κ3) is 4.38. The maximum absolute atomic E-state index is 11.1. The van der Waals surface area contributed by atoms with Crippen LogP contribution in [0.25, 0.3) is 16.8 Å². The van der Waals surface area contributed by atoms with E-state index in [0.717, 1.165) is 5.56 Å². The lowest BCUT2D eigenvalue weighted by Gasteiger charge is -2.08. The molecule has 3 rings (SSSR count). The number of nitrogens with one attached hydrogen (secondary N) is 1. The smallest absolute Gasteiger partial charge is 0.339 e. The van der Waals surface area contributed by atoms with Gasteiger partial charge >= 0.3 is 5.97 Å². The van der Waals surface area contributed by atoms with Gasteiger partial charge in [0, 0.05) is 17.2 Å². The molecule has 0 saturated carbocycles. The van der Waals surface area contributed by atoms with E-state index in [1.54, 1.807) is 20.3 Å². The Balaban J connectivity index is 1.87. The highest BCUT2D eigenvalue weighted by Crippen LogP contribution is 2.33. The van der Waals surface area contributed by atoms with E-state index in [0.29, 0.717) is 33.5 Å². The number of aromatic hydroxyl groups is 1. The van der Waals surface area contributed by atoms with Crippen molar-refractivity contribution in [3.63, 3.8) is 0 Å². The molecule has 1 heterocycles. The average molecular weight is 423 g/mol. The molecular weight excluding hydrogens is 406 g/mol. The van der Waals surface area contributed by atoms with Gasteiger partial charge in [-0.2, -0.15) is 0 Å². The van der Waals surface area contributed by atoms with Crippen LogP contribution in [0.4, 0.5) is 5.69 Å². The molecule has 0 aliphatic heterocycles. The number of hydrogen-bond donors (Lipinski definition) is 3. The summed E-state index contributed by atoms with van der Waals surface area (Å²) in [5.74, 6) is 1.89. The van der Waals surface area contributed by atoms with Crippen LogP contribution in [0.3, 0.4) is 0 Å². The maximum atomic E-state index is 11.1. The number of methoxy groups -OCH3 is 2. The molecule has 3 N–H and O–H groups in total. The molecule has 9 heteroatoms. The van der Waals surface area contributed by atoms with Gasteiger partial charge in [-0.1, -0.05) is 0 Å². The van der Waals surface area contributed by atoms with Crippen molar-refractivity contribution in [2.45, 2.75) is 0 Å².